The quantitative estimate of drug-likeness (QED) is 0.876. The minimum atomic E-state index is -0.187. The highest BCUT2D eigenvalue weighted by atomic mass is 79.9. The molecule has 2 rings (SSSR count). The van der Waals surface area contributed by atoms with Crippen molar-refractivity contribution < 1.29 is 4.39 Å². The fourth-order valence-electron chi connectivity index (χ4n) is 2.47. The summed E-state index contributed by atoms with van der Waals surface area (Å²) in [6.45, 7) is 1.90. The Balaban J connectivity index is 1.77. The average molecular weight is 300 g/mol. The van der Waals surface area contributed by atoms with Crippen LogP contribution in [0.25, 0.3) is 0 Å². The molecule has 1 aliphatic carbocycles. The monoisotopic (exact) mass is 299 g/mol. The van der Waals surface area contributed by atoms with Crippen LogP contribution in [0.5, 0.6) is 0 Å². The first kappa shape index (κ1) is 13.0. The number of halogens is 2. The van der Waals surface area contributed by atoms with E-state index < -0.39 is 0 Å². The highest BCUT2D eigenvalue weighted by Gasteiger charge is 2.12. The summed E-state index contributed by atoms with van der Waals surface area (Å²) in [6.07, 6.45) is 6.88. The van der Waals surface area contributed by atoms with Crippen molar-refractivity contribution in [1.29, 1.82) is 0 Å². The molecule has 0 atom stereocenters. The topological polar surface area (TPSA) is 12.0 Å². The van der Waals surface area contributed by atoms with Crippen molar-refractivity contribution in [3.63, 3.8) is 0 Å². The summed E-state index contributed by atoms with van der Waals surface area (Å²) in [5.41, 5.74) is 1.13. The Morgan fingerprint density at radius 1 is 1.24 bits per heavy atom. The van der Waals surface area contributed by atoms with Crippen LogP contribution in [0.15, 0.2) is 22.7 Å². The molecular formula is C14H19BrFN. The number of hydrogen-bond acceptors (Lipinski definition) is 1. The standard InChI is InChI=1S/C14H19BrFN/c15-14-8-13(16)7-6-12(14)10-17-9-11-4-2-1-3-5-11/h6-8,11,17H,1-5,9-10H2. The van der Waals surface area contributed by atoms with Crippen LogP contribution in [0, 0.1) is 11.7 Å². The summed E-state index contributed by atoms with van der Waals surface area (Å²) in [7, 11) is 0. The maximum absolute atomic E-state index is 12.9. The number of nitrogens with one attached hydrogen (secondary N) is 1. The maximum atomic E-state index is 12.9. The van der Waals surface area contributed by atoms with Gasteiger partial charge in [0.15, 0.2) is 0 Å². The van der Waals surface area contributed by atoms with Crippen molar-refractivity contribution in [2.75, 3.05) is 6.54 Å². The molecule has 3 heteroatoms. The zero-order chi connectivity index (χ0) is 12.1. The van der Waals surface area contributed by atoms with Crippen LogP contribution >= 0.6 is 15.9 Å². The first-order chi connectivity index (χ1) is 8.25. The summed E-state index contributed by atoms with van der Waals surface area (Å²) in [5.74, 6) is 0.649. The van der Waals surface area contributed by atoms with E-state index in [0.717, 1.165) is 29.0 Å². The van der Waals surface area contributed by atoms with Crippen LogP contribution in [-0.2, 0) is 6.54 Å². The molecule has 0 bridgehead atoms. The Bertz CT molecular complexity index is 361. The molecule has 0 spiro atoms. The fraction of sp³-hybridized carbons (Fsp3) is 0.571. The van der Waals surface area contributed by atoms with E-state index in [-0.39, 0.29) is 5.82 Å². The van der Waals surface area contributed by atoms with Crippen LogP contribution < -0.4 is 5.32 Å². The predicted molar refractivity (Wildman–Crippen MR) is 72.4 cm³/mol. The van der Waals surface area contributed by atoms with Gasteiger partial charge in [0.05, 0.1) is 0 Å². The van der Waals surface area contributed by atoms with E-state index in [0.29, 0.717) is 0 Å². The van der Waals surface area contributed by atoms with E-state index >= 15 is 0 Å². The Morgan fingerprint density at radius 2 is 2.00 bits per heavy atom. The average Bonchev–Trinajstić information content (AvgIpc) is 2.33. The summed E-state index contributed by atoms with van der Waals surface area (Å²) in [6, 6.07) is 4.88. The van der Waals surface area contributed by atoms with E-state index in [1.165, 1.54) is 44.2 Å². The van der Waals surface area contributed by atoms with Crippen molar-refractivity contribution in [3.05, 3.63) is 34.1 Å². The Kier molecular flexibility index (Phi) is 4.99. The van der Waals surface area contributed by atoms with Gasteiger partial charge in [0.25, 0.3) is 0 Å². The molecule has 0 unspecified atom stereocenters. The third kappa shape index (κ3) is 4.07. The molecule has 1 N–H and O–H groups in total. The van der Waals surface area contributed by atoms with Gasteiger partial charge in [-0.05, 0) is 43.0 Å². The van der Waals surface area contributed by atoms with Gasteiger partial charge in [-0.1, -0.05) is 41.3 Å². The Labute approximate surface area is 111 Å². The summed E-state index contributed by atoms with van der Waals surface area (Å²) in [5, 5.41) is 3.48. The first-order valence-electron chi connectivity index (χ1n) is 6.40. The molecule has 1 aromatic carbocycles. The highest BCUT2D eigenvalue weighted by molar-refractivity contribution is 9.10. The number of benzene rings is 1. The highest BCUT2D eigenvalue weighted by Crippen LogP contribution is 2.23. The second kappa shape index (κ2) is 6.50. The first-order valence-corrected chi connectivity index (χ1v) is 7.19. The summed E-state index contributed by atoms with van der Waals surface area (Å²) in [4.78, 5) is 0. The molecule has 0 aliphatic heterocycles. The lowest BCUT2D eigenvalue weighted by molar-refractivity contribution is 0.342. The van der Waals surface area contributed by atoms with Crippen molar-refractivity contribution in [2.45, 2.75) is 38.6 Å². The molecule has 0 saturated heterocycles. The number of rotatable bonds is 4. The van der Waals surface area contributed by atoms with Gasteiger partial charge in [-0.2, -0.15) is 0 Å². The van der Waals surface area contributed by atoms with Gasteiger partial charge in [-0.25, -0.2) is 4.39 Å². The normalized spacial score (nSPS) is 17.3. The maximum Gasteiger partial charge on any atom is 0.124 e. The molecule has 17 heavy (non-hydrogen) atoms. The van der Waals surface area contributed by atoms with Gasteiger partial charge in [-0.15, -0.1) is 0 Å². The van der Waals surface area contributed by atoms with Crippen LogP contribution in [0.4, 0.5) is 4.39 Å². The Hall–Kier alpha value is -0.410. The fourth-order valence-corrected chi connectivity index (χ4v) is 2.96. The van der Waals surface area contributed by atoms with Crippen LogP contribution in [0.2, 0.25) is 0 Å². The van der Waals surface area contributed by atoms with Crippen molar-refractivity contribution in [2.24, 2.45) is 5.92 Å². The van der Waals surface area contributed by atoms with Crippen LogP contribution in [-0.4, -0.2) is 6.54 Å². The largest absolute Gasteiger partial charge is 0.312 e. The van der Waals surface area contributed by atoms with E-state index in [1.54, 1.807) is 0 Å². The molecule has 1 aromatic rings. The predicted octanol–water partition coefficient (Wildman–Crippen LogP) is 4.26. The molecule has 0 heterocycles. The SMILES string of the molecule is Fc1ccc(CNCC2CCCCC2)c(Br)c1. The molecule has 0 amide bonds. The van der Waals surface area contributed by atoms with E-state index in [2.05, 4.69) is 21.2 Å². The van der Waals surface area contributed by atoms with Gasteiger partial charge < -0.3 is 5.32 Å². The van der Waals surface area contributed by atoms with Crippen LogP contribution in [0.3, 0.4) is 0 Å². The minimum absolute atomic E-state index is 0.187. The molecule has 1 nitrogen and oxygen atoms in total. The van der Waals surface area contributed by atoms with Gasteiger partial charge in [0.1, 0.15) is 5.82 Å². The molecule has 1 saturated carbocycles. The van der Waals surface area contributed by atoms with Gasteiger partial charge in [-0.3, -0.25) is 0 Å². The third-order valence-corrected chi connectivity index (χ3v) is 4.23. The second-order valence-electron chi connectivity index (χ2n) is 4.87. The van der Waals surface area contributed by atoms with Crippen molar-refractivity contribution in [3.8, 4) is 0 Å². The van der Waals surface area contributed by atoms with Crippen LogP contribution in [0.1, 0.15) is 37.7 Å². The van der Waals surface area contributed by atoms with E-state index in [1.807, 2.05) is 6.07 Å². The molecule has 0 aromatic heterocycles. The zero-order valence-electron chi connectivity index (χ0n) is 10.0. The molecule has 1 fully saturated rings. The van der Waals surface area contributed by atoms with Gasteiger partial charge in [0, 0.05) is 11.0 Å². The van der Waals surface area contributed by atoms with Crippen molar-refractivity contribution >= 4 is 15.9 Å². The molecular weight excluding hydrogens is 281 g/mol. The summed E-state index contributed by atoms with van der Waals surface area (Å²) >= 11 is 3.39. The summed E-state index contributed by atoms with van der Waals surface area (Å²) < 4.78 is 13.8. The Morgan fingerprint density at radius 3 is 2.71 bits per heavy atom. The van der Waals surface area contributed by atoms with E-state index in [9.17, 15) is 4.39 Å². The lowest BCUT2D eigenvalue weighted by Crippen LogP contribution is -2.24. The van der Waals surface area contributed by atoms with Crippen molar-refractivity contribution in [1.82, 2.24) is 5.32 Å². The lowest BCUT2D eigenvalue weighted by Gasteiger charge is -2.21. The molecule has 1 aliphatic rings. The number of hydrogen-bond donors (Lipinski definition) is 1. The van der Waals surface area contributed by atoms with E-state index in [4.69, 9.17) is 0 Å². The minimum Gasteiger partial charge on any atom is -0.312 e. The zero-order valence-corrected chi connectivity index (χ0v) is 11.6. The van der Waals surface area contributed by atoms with Gasteiger partial charge in [0.2, 0.25) is 0 Å². The third-order valence-electron chi connectivity index (χ3n) is 3.49. The molecule has 0 radical (unpaired) electrons. The van der Waals surface area contributed by atoms with Gasteiger partial charge >= 0.3 is 0 Å². The molecule has 94 valence electrons. The smallest absolute Gasteiger partial charge is 0.124 e. The lowest BCUT2D eigenvalue weighted by atomic mass is 9.89. The second-order valence-corrected chi connectivity index (χ2v) is 5.73.